The first-order valence-electron chi connectivity index (χ1n) is 2.64. The minimum absolute atomic E-state index is 0.557. The maximum Gasteiger partial charge on any atom is 0.131 e. The lowest BCUT2D eigenvalue weighted by Gasteiger charge is -1.90. The molecule has 4 heteroatoms. The van der Waals surface area contributed by atoms with Crippen molar-refractivity contribution in [3.05, 3.63) is 0 Å². The Bertz CT molecular complexity index is 68.0. The van der Waals surface area contributed by atoms with Crippen molar-refractivity contribution in [1.29, 1.82) is 0 Å². The zero-order chi connectivity index (χ0) is 7.70. The lowest BCUT2D eigenvalue weighted by Crippen LogP contribution is -2.01. The number of hydrogen-bond donors (Lipinski definition) is 2. The Hall–Kier alpha value is 0.200. The minimum Gasteiger partial charge on any atom is -0.400 e. The zero-order valence-corrected chi connectivity index (χ0v) is 7.39. The second-order valence-electron chi connectivity index (χ2n) is 1.17. The molecule has 0 rings (SSSR count). The molecule has 0 saturated carbocycles. The number of rotatable bonds is 2. The van der Waals surface area contributed by atoms with Gasteiger partial charge in [-0.3, -0.25) is 0 Å². The van der Waals surface area contributed by atoms with Gasteiger partial charge in [-0.15, -0.1) is 0 Å². The fraction of sp³-hybridized carbons (Fsp3) is 0.800. The molecule has 0 aliphatic carbocycles. The third-order valence-corrected chi connectivity index (χ3v) is 1.70. The van der Waals surface area contributed by atoms with Crippen LogP contribution in [0.15, 0.2) is 0 Å². The number of nitrogens with two attached hydrogens (primary N) is 1. The topological polar surface area (TPSA) is 46.2 Å². The van der Waals surface area contributed by atoms with Gasteiger partial charge in [0.05, 0.1) is 0 Å². The summed E-state index contributed by atoms with van der Waals surface area (Å²) in [5.41, 5.74) is 5.17. The Morgan fingerprint density at radius 3 is 2.22 bits per heavy atom. The summed E-state index contributed by atoms with van der Waals surface area (Å²) in [5.74, 6) is 1.05. The largest absolute Gasteiger partial charge is 0.400 e. The van der Waals surface area contributed by atoms with Gasteiger partial charge in [-0.25, -0.2) is 0 Å². The summed E-state index contributed by atoms with van der Waals surface area (Å²) in [5, 5.41) is 7.00. The molecule has 0 fully saturated rings. The molecule has 0 aliphatic heterocycles. The maximum atomic E-state index is 7.00. The molecule has 0 unspecified atom stereocenters. The average molecular weight is 167 g/mol. The van der Waals surface area contributed by atoms with Crippen LogP contribution in [0.5, 0.6) is 0 Å². The van der Waals surface area contributed by atoms with E-state index in [1.165, 1.54) is 0 Å². The van der Waals surface area contributed by atoms with Crippen molar-refractivity contribution in [2.24, 2.45) is 5.73 Å². The van der Waals surface area contributed by atoms with Crippen molar-refractivity contribution in [2.75, 3.05) is 12.9 Å². The van der Waals surface area contributed by atoms with E-state index in [4.69, 9.17) is 10.8 Å². The Morgan fingerprint density at radius 2 is 2.11 bits per heavy atom. The lowest BCUT2D eigenvalue weighted by molar-refractivity contribution is 0.399. The molecule has 2 nitrogen and oxygen atoms in total. The van der Waals surface area contributed by atoms with Crippen LogP contribution in [0.1, 0.15) is 13.3 Å². The lowest BCUT2D eigenvalue weighted by atomic mass is 10.6. The van der Waals surface area contributed by atoms with Gasteiger partial charge in [-0.1, -0.05) is 30.9 Å². The van der Waals surface area contributed by atoms with E-state index in [-0.39, 0.29) is 0 Å². The van der Waals surface area contributed by atoms with E-state index in [1.807, 2.05) is 0 Å². The van der Waals surface area contributed by atoms with E-state index < -0.39 is 0 Å². The van der Waals surface area contributed by atoms with Crippen molar-refractivity contribution < 1.29 is 5.11 Å². The van der Waals surface area contributed by atoms with Crippen LogP contribution in [0.25, 0.3) is 0 Å². The van der Waals surface area contributed by atoms with Crippen LogP contribution in [0.2, 0.25) is 0 Å². The van der Waals surface area contributed by atoms with Crippen LogP contribution in [0.4, 0.5) is 0 Å². The van der Waals surface area contributed by atoms with Crippen LogP contribution in [0.3, 0.4) is 0 Å². The van der Waals surface area contributed by atoms with Gasteiger partial charge in [0.2, 0.25) is 0 Å². The minimum atomic E-state index is 0.557. The molecule has 0 saturated heterocycles. The first-order chi connectivity index (χ1) is 4.27. The third-order valence-electron chi connectivity index (χ3n) is 0.448. The molecule has 0 aromatic heterocycles. The summed E-state index contributed by atoms with van der Waals surface area (Å²) in [7, 11) is 1.00. The van der Waals surface area contributed by atoms with Crippen LogP contribution in [-0.2, 0) is 0 Å². The zero-order valence-electron chi connectivity index (χ0n) is 5.76. The standard InChI is InChI=1S/C4H9NS2.CH4O/c1-2-3-7-4(5)6;1-2/h2-3H2,1H3,(H2,5,6);2H,1H3. The second kappa shape index (κ2) is 11.1. The van der Waals surface area contributed by atoms with Gasteiger partial charge in [-0.2, -0.15) is 0 Å². The van der Waals surface area contributed by atoms with Crippen LogP contribution >= 0.6 is 24.0 Å². The van der Waals surface area contributed by atoms with Gasteiger partial charge in [-0.05, 0) is 12.2 Å². The fourth-order valence-corrected chi connectivity index (χ4v) is 0.858. The molecule has 0 aromatic carbocycles. The second-order valence-corrected chi connectivity index (χ2v) is 3.00. The molecule has 3 N–H and O–H groups in total. The Kier molecular flexibility index (Phi) is 14.7. The van der Waals surface area contributed by atoms with Crippen LogP contribution in [-0.4, -0.2) is 22.3 Å². The van der Waals surface area contributed by atoms with Crippen molar-refractivity contribution in [3.63, 3.8) is 0 Å². The number of hydrogen-bond acceptors (Lipinski definition) is 3. The van der Waals surface area contributed by atoms with E-state index in [0.29, 0.717) is 4.32 Å². The average Bonchev–Trinajstić information content (AvgIpc) is 1.88. The Balaban J connectivity index is 0. The molecule has 0 amide bonds. The van der Waals surface area contributed by atoms with Crippen LogP contribution in [0, 0.1) is 0 Å². The summed E-state index contributed by atoms with van der Waals surface area (Å²) in [4.78, 5) is 0. The van der Waals surface area contributed by atoms with Crippen molar-refractivity contribution >= 4 is 28.3 Å². The summed E-state index contributed by atoms with van der Waals surface area (Å²) in [6, 6.07) is 0. The fourth-order valence-electron chi connectivity index (χ4n) is 0.203. The van der Waals surface area contributed by atoms with Crippen molar-refractivity contribution in [2.45, 2.75) is 13.3 Å². The van der Waals surface area contributed by atoms with Crippen LogP contribution < -0.4 is 5.73 Å². The van der Waals surface area contributed by atoms with E-state index in [1.54, 1.807) is 11.8 Å². The van der Waals surface area contributed by atoms with E-state index in [2.05, 4.69) is 19.1 Å². The first kappa shape index (κ1) is 11.9. The van der Waals surface area contributed by atoms with E-state index >= 15 is 0 Å². The highest BCUT2D eigenvalue weighted by molar-refractivity contribution is 8.22. The SMILES string of the molecule is CCCSC(N)=S.CO. The molecule has 56 valence electrons. The Labute approximate surface area is 65.8 Å². The summed E-state index contributed by atoms with van der Waals surface area (Å²) in [6.45, 7) is 2.10. The highest BCUT2D eigenvalue weighted by Crippen LogP contribution is 1.99. The molecular weight excluding hydrogens is 154 g/mol. The quantitative estimate of drug-likeness (QED) is 0.602. The predicted molar refractivity (Wildman–Crippen MR) is 47.7 cm³/mol. The third kappa shape index (κ3) is 17.9. The predicted octanol–water partition coefficient (Wildman–Crippen LogP) is 0.982. The maximum absolute atomic E-state index is 7.00. The van der Waals surface area contributed by atoms with Crippen molar-refractivity contribution in [3.8, 4) is 0 Å². The molecule has 0 atom stereocenters. The highest BCUT2D eigenvalue weighted by atomic mass is 32.2. The van der Waals surface area contributed by atoms with Gasteiger partial charge in [0, 0.05) is 7.11 Å². The number of thioether (sulfide) groups is 1. The molecule has 0 radical (unpaired) electrons. The number of thiocarbonyl (C=S) groups is 1. The summed E-state index contributed by atoms with van der Waals surface area (Å²) in [6.07, 6.45) is 1.14. The summed E-state index contributed by atoms with van der Waals surface area (Å²) >= 11 is 6.14. The van der Waals surface area contributed by atoms with Gasteiger partial charge >= 0.3 is 0 Å². The van der Waals surface area contributed by atoms with Gasteiger partial charge < -0.3 is 10.8 Å². The number of aliphatic hydroxyl groups is 1. The van der Waals surface area contributed by atoms with E-state index in [0.717, 1.165) is 19.3 Å². The first-order valence-corrected chi connectivity index (χ1v) is 4.03. The molecule has 0 aliphatic rings. The molecular formula is C5H13NOS2. The molecule has 9 heavy (non-hydrogen) atoms. The van der Waals surface area contributed by atoms with Gasteiger partial charge in [0.15, 0.2) is 0 Å². The normalized spacial score (nSPS) is 7.44. The molecule has 0 spiro atoms. The number of aliphatic hydroxyl groups excluding tert-OH is 1. The van der Waals surface area contributed by atoms with E-state index in [9.17, 15) is 0 Å². The Morgan fingerprint density at radius 1 is 1.67 bits per heavy atom. The van der Waals surface area contributed by atoms with Gasteiger partial charge in [0.1, 0.15) is 4.32 Å². The summed E-state index contributed by atoms with van der Waals surface area (Å²) < 4.78 is 0.557. The smallest absolute Gasteiger partial charge is 0.131 e. The molecule has 0 bridgehead atoms. The monoisotopic (exact) mass is 167 g/mol. The highest BCUT2D eigenvalue weighted by Gasteiger charge is 1.84. The molecule has 0 aromatic rings. The van der Waals surface area contributed by atoms with Crippen molar-refractivity contribution in [1.82, 2.24) is 0 Å². The molecule has 0 heterocycles. The van der Waals surface area contributed by atoms with Gasteiger partial charge in [0.25, 0.3) is 0 Å².